The molecule has 0 N–H and O–H groups in total. The molecule has 0 atom stereocenters. The van der Waals surface area contributed by atoms with Crippen LogP contribution in [0.1, 0.15) is 35.1 Å². The lowest BCUT2D eigenvalue weighted by Gasteiger charge is -2.09. The van der Waals surface area contributed by atoms with E-state index in [2.05, 4.69) is 13.2 Å². The maximum absolute atomic E-state index is 12.6. The molecule has 0 heterocycles. The number of esters is 4. The monoisotopic (exact) mass is 672 g/mol. The highest BCUT2D eigenvalue weighted by Gasteiger charge is 2.27. The van der Waals surface area contributed by atoms with Crippen molar-refractivity contribution in [3.63, 3.8) is 0 Å². The Morgan fingerprint density at radius 2 is 0.940 bits per heavy atom. The minimum atomic E-state index is -0.580. The summed E-state index contributed by atoms with van der Waals surface area (Å²) in [6, 6.07) is 24.7. The summed E-state index contributed by atoms with van der Waals surface area (Å²) in [6.07, 6.45) is 8.00. The lowest BCUT2D eigenvalue weighted by atomic mass is 9.99. The molecule has 0 unspecified atom stereocenters. The van der Waals surface area contributed by atoms with Gasteiger partial charge in [0, 0.05) is 30.2 Å². The van der Waals surface area contributed by atoms with Crippen LogP contribution >= 0.6 is 0 Å². The summed E-state index contributed by atoms with van der Waals surface area (Å²) < 4.78 is 31.4. The Balaban J connectivity index is 1.13. The van der Waals surface area contributed by atoms with E-state index in [0.29, 0.717) is 23.0 Å². The molecule has 50 heavy (non-hydrogen) atoms. The number of carbonyl (C=O) groups is 4. The fraction of sp³-hybridized carbons (Fsp3) is 0.100. The first-order valence-corrected chi connectivity index (χ1v) is 15.3. The van der Waals surface area contributed by atoms with Gasteiger partial charge in [-0.3, -0.25) is 0 Å². The number of rotatable bonds is 14. The minimum absolute atomic E-state index is 0.0366. The Morgan fingerprint density at radius 1 is 0.560 bits per heavy atom. The topological polar surface area (TPSA) is 124 Å². The lowest BCUT2D eigenvalue weighted by Crippen LogP contribution is -2.07. The fourth-order valence-corrected chi connectivity index (χ4v) is 4.99. The van der Waals surface area contributed by atoms with Crippen LogP contribution in [-0.4, -0.2) is 37.5 Å². The second-order valence-corrected chi connectivity index (χ2v) is 10.7. The lowest BCUT2D eigenvalue weighted by molar-refractivity contribution is -0.145. The molecule has 0 saturated heterocycles. The molecule has 10 heteroatoms. The molecule has 0 saturated carbocycles. The summed E-state index contributed by atoms with van der Waals surface area (Å²) in [6.45, 7) is 8.20. The molecular formula is C40H32O10. The number of hydrogen-bond acceptors (Lipinski definition) is 10. The third-order valence-corrected chi connectivity index (χ3v) is 7.48. The molecule has 4 aromatic carbocycles. The molecule has 0 bridgehead atoms. The van der Waals surface area contributed by atoms with Crippen LogP contribution in [-0.2, 0) is 28.7 Å². The van der Waals surface area contributed by atoms with E-state index in [4.69, 9.17) is 28.4 Å². The molecule has 0 amide bonds. The first-order chi connectivity index (χ1) is 24.2. The van der Waals surface area contributed by atoms with Crippen molar-refractivity contribution in [2.75, 3.05) is 13.6 Å². The summed E-state index contributed by atoms with van der Waals surface area (Å²) in [7, 11) is 0. The molecule has 1 aliphatic carbocycles. The van der Waals surface area contributed by atoms with Crippen molar-refractivity contribution >= 4 is 36.0 Å². The van der Waals surface area contributed by atoms with Crippen molar-refractivity contribution in [2.24, 2.45) is 0 Å². The minimum Gasteiger partial charge on any atom is -0.457 e. The van der Waals surface area contributed by atoms with Gasteiger partial charge in [0.05, 0.1) is 0 Å². The quantitative estimate of drug-likeness (QED) is 0.0589. The second-order valence-electron chi connectivity index (χ2n) is 10.7. The van der Waals surface area contributed by atoms with Crippen LogP contribution in [0, 0.1) is 0 Å². The van der Waals surface area contributed by atoms with Crippen molar-refractivity contribution in [3.05, 3.63) is 145 Å². The second kappa shape index (κ2) is 16.4. The predicted octanol–water partition coefficient (Wildman–Crippen LogP) is 7.19. The van der Waals surface area contributed by atoms with Gasteiger partial charge >= 0.3 is 23.9 Å². The summed E-state index contributed by atoms with van der Waals surface area (Å²) in [5, 5.41) is 0. The van der Waals surface area contributed by atoms with E-state index < -0.39 is 23.9 Å². The van der Waals surface area contributed by atoms with Gasteiger partial charge in [-0.2, -0.15) is 0 Å². The van der Waals surface area contributed by atoms with E-state index in [0.717, 1.165) is 45.5 Å². The Bertz CT molecular complexity index is 1830. The van der Waals surface area contributed by atoms with E-state index in [9.17, 15) is 19.2 Å². The average Bonchev–Trinajstić information content (AvgIpc) is 3.40. The van der Waals surface area contributed by atoms with E-state index in [-0.39, 0.29) is 19.5 Å². The van der Waals surface area contributed by atoms with Gasteiger partial charge in [-0.05, 0) is 94.1 Å². The van der Waals surface area contributed by atoms with Gasteiger partial charge in [0.1, 0.15) is 23.0 Å². The van der Waals surface area contributed by atoms with Crippen molar-refractivity contribution in [3.8, 4) is 34.1 Å². The van der Waals surface area contributed by atoms with Gasteiger partial charge in [0.25, 0.3) is 0 Å². The van der Waals surface area contributed by atoms with E-state index in [1.54, 1.807) is 72.8 Å². The summed E-state index contributed by atoms with van der Waals surface area (Å²) in [5.41, 5.74) is 5.47. The van der Waals surface area contributed by atoms with Crippen molar-refractivity contribution in [2.45, 2.75) is 12.8 Å². The maximum Gasteiger partial charge on any atom is 0.336 e. The molecule has 10 nitrogen and oxygen atoms in total. The van der Waals surface area contributed by atoms with Gasteiger partial charge in [-0.1, -0.05) is 56.5 Å². The first kappa shape index (κ1) is 34.6. The number of carbonyl (C=O) groups excluding carboxylic acids is 4. The van der Waals surface area contributed by atoms with Crippen LogP contribution in [0.5, 0.6) is 23.0 Å². The highest BCUT2D eigenvalue weighted by molar-refractivity contribution is 5.90. The Labute approximate surface area is 288 Å². The van der Waals surface area contributed by atoms with Crippen LogP contribution in [0.15, 0.2) is 122 Å². The fourth-order valence-electron chi connectivity index (χ4n) is 4.99. The zero-order valence-corrected chi connectivity index (χ0v) is 27.0. The zero-order chi connectivity index (χ0) is 35.5. The normalized spacial score (nSPS) is 12.8. The number of benzene rings is 4. The highest BCUT2D eigenvalue weighted by atomic mass is 16.7. The first-order valence-electron chi connectivity index (χ1n) is 15.3. The van der Waals surface area contributed by atoms with E-state index in [1.165, 1.54) is 12.2 Å². The average molecular weight is 673 g/mol. The predicted molar refractivity (Wildman–Crippen MR) is 185 cm³/mol. The van der Waals surface area contributed by atoms with Gasteiger partial charge in [-0.15, -0.1) is 0 Å². The van der Waals surface area contributed by atoms with Gasteiger partial charge in [0.2, 0.25) is 13.6 Å². The van der Waals surface area contributed by atoms with Gasteiger partial charge in [0.15, 0.2) is 0 Å². The summed E-state index contributed by atoms with van der Waals surface area (Å²) >= 11 is 0. The van der Waals surface area contributed by atoms with Crippen LogP contribution in [0.4, 0.5) is 0 Å². The van der Waals surface area contributed by atoms with Crippen molar-refractivity contribution in [1.82, 2.24) is 0 Å². The van der Waals surface area contributed by atoms with E-state index in [1.807, 2.05) is 31.2 Å². The molecule has 252 valence electrons. The van der Waals surface area contributed by atoms with Crippen molar-refractivity contribution < 1.29 is 47.6 Å². The number of hydrogen-bond donors (Lipinski definition) is 0. The third kappa shape index (κ3) is 9.23. The van der Waals surface area contributed by atoms with Crippen molar-refractivity contribution in [1.29, 1.82) is 0 Å². The van der Waals surface area contributed by atoms with Gasteiger partial charge < -0.3 is 28.4 Å². The molecule has 0 radical (unpaired) electrons. The largest absolute Gasteiger partial charge is 0.457 e. The Morgan fingerprint density at radius 3 is 1.32 bits per heavy atom. The standard InChI is InChI=1S/C40H32O10/c1-4-37(41)47-24-45-29-12-6-27(7-13-29)10-20-39(43)49-31-16-18-33-34-19-17-32(23-36(34)26(3)35(33)22-31)50-40(44)21-11-28-8-14-30(15-9-28)46-25-48-38(42)5-2/h4-23,26H,1-2,24-25H2,3H3. The molecule has 0 aliphatic heterocycles. The third-order valence-electron chi connectivity index (χ3n) is 7.48. The Kier molecular flexibility index (Phi) is 11.4. The molecule has 0 spiro atoms. The molecule has 5 rings (SSSR count). The van der Waals surface area contributed by atoms with E-state index >= 15 is 0 Å². The SMILES string of the molecule is C=CC(=O)OCOc1ccc(C=CC(=O)Oc2ccc3c(c2)C(C)c2cc(OC(=O)C=Cc4ccc(OCOC(=O)C=C)cc4)ccc2-3)cc1. The van der Waals surface area contributed by atoms with Crippen LogP contribution in [0.2, 0.25) is 0 Å². The summed E-state index contributed by atoms with van der Waals surface area (Å²) in [4.78, 5) is 47.4. The zero-order valence-electron chi connectivity index (χ0n) is 27.0. The molecule has 4 aromatic rings. The maximum atomic E-state index is 12.6. The molecular weight excluding hydrogens is 640 g/mol. The smallest absolute Gasteiger partial charge is 0.336 e. The van der Waals surface area contributed by atoms with Gasteiger partial charge in [-0.25, -0.2) is 19.2 Å². The molecule has 0 aromatic heterocycles. The summed E-state index contributed by atoms with van der Waals surface area (Å²) in [5.74, 6) is -0.471. The molecule has 0 fully saturated rings. The number of fused-ring (bicyclic) bond motifs is 3. The Hall–Kier alpha value is -6.68. The van der Waals surface area contributed by atoms with Crippen LogP contribution < -0.4 is 18.9 Å². The number of ether oxygens (including phenoxy) is 6. The molecule has 1 aliphatic rings. The van der Waals surface area contributed by atoms with Crippen LogP contribution in [0.25, 0.3) is 23.3 Å². The highest BCUT2D eigenvalue weighted by Crippen LogP contribution is 2.47. The van der Waals surface area contributed by atoms with Crippen LogP contribution in [0.3, 0.4) is 0 Å².